The molecule has 3 nitrogen and oxygen atoms in total. The van der Waals surface area contributed by atoms with Crippen molar-refractivity contribution in [3.63, 3.8) is 0 Å². The summed E-state index contributed by atoms with van der Waals surface area (Å²) < 4.78 is 20.4. The average molecular weight is 294 g/mol. The Morgan fingerprint density at radius 3 is 2.67 bits per heavy atom. The van der Waals surface area contributed by atoms with Gasteiger partial charge < -0.3 is 4.74 Å². The van der Waals surface area contributed by atoms with Crippen LogP contribution < -0.4 is 11.3 Å². The van der Waals surface area contributed by atoms with Crippen LogP contribution in [0.15, 0.2) is 12.1 Å². The highest BCUT2D eigenvalue weighted by atomic mass is 19.1. The summed E-state index contributed by atoms with van der Waals surface area (Å²) in [6.07, 6.45) is 4.07. The number of nitrogens with one attached hydrogen (secondary N) is 1. The van der Waals surface area contributed by atoms with E-state index in [9.17, 15) is 4.39 Å². The summed E-state index contributed by atoms with van der Waals surface area (Å²) >= 11 is 0. The highest BCUT2D eigenvalue weighted by molar-refractivity contribution is 5.36. The van der Waals surface area contributed by atoms with Gasteiger partial charge >= 0.3 is 0 Å². The van der Waals surface area contributed by atoms with Gasteiger partial charge in [-0.1, -0.05) is 25.8 Å². The molecule has 0 spiro atoms. The molecule has 0 bridgehead atoms. The molecule has 0 heterocycles. The summed E-state index contributed by atoms with van der Waals surface area (Å²) in [6.45, 7) is 6.06. The Kier molecular flexibility index (Phi) is 5.02. The van der Waals surface area contributed by atoms with Crippen LogP contribution in [0.1, 0.15) is 55.3 Å². The van der Waals surface area contributed by atoms with Crippen LogP contribution in [0.4, 0.5) is 4.39 Å². The lowest BCUT2D eigenvalue weighted by molar-refractivity contribution is -0.0814. The zero-order chi connectivity index (χ0) is 15.6. The van der Waals surface area contributed by atoms with Crippen LogP contribution in [0.5, 0.6) is 0 Å². The summed E-state index contributed by atoms with van der Waals surface area (Å²) in [5.74, 6) is 6.18. The van der Waals surface area contributed by atoms with E-state index in [1.165, 1.54) is 6.42 Å². The maximum atomic E-state index is 14.6. The Labute approximate surface area is 127 Å². The third-order valence-electron chi connectivity index (χ3n) is 4.86. The minimum Gasteiger partial charge on any atom is -0.376 e. The van der Waals surface area contributed by atoms with Crippen LogP contribution in [0.25, 0.3) is 0 Å². The lowest BCUT2D eigenvalue weighted by Gasteiger charge is -2.45. The third kappa shape index (κ3) is 3.12. The van der Waals surface area contributed by atoms with E-state index in [1.807, 2.05) is 19.9 Å². The molecule has 0 radical (unpaired) electrons. The molecule has 4 heteroatoms. The van der Waals surface area contributed by atoms with Gasteiger partial charge in [-0.15, -0.1) is 0 Å². The third-order valence-corrected chi connectivity index (χ3v) is 4.86. The Morgan fingerprint density at radius 2 is 2.14 bits per heavy atom. The van der Waals surface area contributed by atoms with Gasteiger partial charge in [-0.05, 0) is 49.8 Å². The molecule has 0 amide bonds. The number of hydrogen-bond donors (Lipinski definition) is 2. The predicted molar refractivity (Wildman–Crippen MR) is 83.3 cm³/mol. The predicted octanol–water partition coefficient (Wildman–Crippen LogP) is 3.54. The number of hydrogen-bond acceptors (Lipinski definition) is 3. The van der Waals surface area contributed by atoms with Gasteiger partial charge in [0.15, 0.2) is 0 Å². The number of rotatable bonds is 4. The number of halogens is 1. The molecule has 2 rings (SSSR count). The molecule has 1 saturated carbocycles. The van der Waals surface area contributed by atoms with Gasteiger partial charge in [0.2, 0.25) is 0 Å². The van der Waals surface area contributed by atoms with Crippen LogP contribution in [-0.4, -0.2) is 12.7 Å². The summed E-state index contributed by atoms with van der Waals surface area (Å²) in [6, 6.07) is 3.24. The molecule has 1 aromatic rings. The summed E-state index contributed by atoms with van der Waals surface area (Å²) in [5.41, 5.74) is 4.88. The molecular weight excluding hydrogens is 267 g/mol. The maximum absolute atomic E-state index is 14.6. The first-order chi connectivity index (χ1) is 9.93. The first kappa shape index (κ1) is 16.4. The first-order valence-electron chi connectivity index (χ1n) is 7.71. The Balaban J connectivity index is 2.47. The fourth-order valence-electron chi connectivity index (χ4n) is 3.90. The summed E-state index contributed by atoms with van der Waals surface area (Å²) in [5, 5.41) is 0. The fraction of sp³-hybridized carbons (Fsp3) is 0.647. The van der Waals surface area contributed by atoms with Gasteiger partial charge in [0.1, 0.15) is 5.82 Å². The highest BCUT2D eigenvalue weighted by Gasteiger charge is 2.44. The minimum absolute atomic E-state index is 0.204. The van der Waals surface area contributed by atoms with Gasteiger partial charge in [-0.25, -0.2) is 9.82 Å². The molecule has 3 atom stereocenters. The van der Waals surface area contributed by atoms with Crippen LogP contribution in [-0.2, 0) is 4.74 Å². The van der Waals surface area contributed by atoms with E-state index in [-0.39, 0.29) is 11.9 Å². The maximum Gasteiger partial charge on any atom is 0.128 e. The van der Waals surface area contributed by atoms with Crippen molar-refractivity contribution in [1.29, 1.82) is 0 Å². The van der Waals surface area contributed by atoms with E-state index in [4.69, 9.17) is 10.6 Å². The molecule has 1 aromatic carbocycles. The standard InChI is InChI=1S/C17H27FN2O/c1-11-6-5-7-17(10-11,21-4)16(20-19)15-13(3)8-12(2)9-14(15)18/h8-9,11,16,20H,5-7,10,19H2,1-4H3. The lowest BCUT2D eigenvalue weighted by Crippen LogP contribution is -2.51. The van der Waals surface area contributed by atoms with Crippen molar-refractivity contribution in [2.24, 2.45) is 11.8 Å². The van der Waals surface area contributed by atoms with E-state index in [2.05, 4.69) is 12.3 Å². The highest BCUT2D eigenvalue weighted by Crippen LogP contribution is 2.44. The van der Waals surface area contributed by atoms with E-state index in [0.29, 0.717) is 11.5 Å². The van der Waals surface area contributed by atoms with E-state index in [0.717, 1.165) is 30.4 Å². The van der Waals surface area contributed by atoms with Gasteiger partial charge in [0, 0.05) is 12.7 Å². The van der Waals surface area contributed by atoms with Crippen LogP contribution >= 0.6 is 0 Å². The zero-order valence-corrected chi connectivity index (χ0v) is 13.5. The molecule has 0 saturated heterocycles. The molecule has 0 aliphatic heterocycles. The Bertz CT molecular complexity index is 483. The summed E-state index contributed by atoms with van der Waals surface area (Å²) in [4.78, 5) is 0. The second kappa shape index (κ2) is 6.42. The Hall–Kier alpha value is -0.970. The molecule has 118 valence electrons. The van der Waals surface area contributed by atoms with Crippen molar-refractivity contribution in [2.75, 3.05) is 7.11 Å². The molecule has 3 unspecified atom stereocenters. The van der Waals surface area contributed by atoms with Gasteiger partial charge in [0.25, 0.3) is 0 Å². The second-order valence-corrected chi connectivity index (χ2v) is 6.55. The van der Waals surface area contributed by atoms with E-state index >= 15 is 0 Å². The van der Waals surface area contributed by atoms with Crippen molar-refractivity contribution >= 4 is 0 Å². The quantitative estimate of drug-likeness (QED) is 0.659. The number of aryl methyl sites for hydroxylation is 2. The minimum atomic E-state index is -0.437. The average Bonchev–Trinajstić information content (AvgIpc) is 2.42. The monoisotopic (exact) mass is 294 g/mol. The van der Waals surface area contributed by atoms with Crippen molar-refractivity contribution in [2.45, 2.75) is 58.1 Å². The van der Waals surface area contributed by atoms with Crippen molar-refractivity contribution in [3.05, 3.63) is 34.6 Å². The van der Waals surface area contributed by atoms with Crippen LogP contribution in [0, 0.1) is 25.6 Å². The van der Waals surface area contributed by atoms with Crippen LogP contribution in [0.3, 0.4) is 0 Å². The number of methoxy groups -OCH3 is 1. The SMILES string of the molecule is COC1(C(NN)c2c(C)cc(C)cc2F)CCCC(C)C1. The van der Waals surface area contributed by atoms with Crippen molar-refractivity contribution < 1.29 is 9.13 Å². The lowest BCUT2D eigenvalue weighted by atomic mass is 9.72. The zero-order valence-electron chi connectivity index (χ0n) is 13.5. The summed E-state index contributed by atoms with van der Waals surface area (Å²) in [7, 11) is 1.71. The largest absolute Gasteiger partial charge is 0.376 e. The van der Waals surface area contributed by atoms with E-state index < -0.39 is 5.60 Å². The fourth-order valence-corrected chi connectivity index (χ4v) is 3.90. The smallest absolute Gasteiger partial charge is 0.128 e. The van der Waals surface area contributed by atoms with Crippen LogP contribution in [0.2, 0.25) is 0 Å². The van der Waals surface area contributed by atoms with E-state index in [1.54, 1.807) is 13.2 Å². The van der Waals surface area contributed by atoms with Crippen molar-refractivity contribution in [3.8, 4) is 0 Å². The van der Waals surface area contributed by atoms with Crippen molar-refractivity contribution in [1.82, 2.24) is 5.43 Å². The molecular formula is C17H27FN2O. The number of nitrogens with two attached hydrogens (primary N) is 1. The number of hydrazine groups is 1. The van der Waals surface area contributed by atoms with Gasteiger partial charge in [-0.2, -0.15) is 0 Å². The molecule has 0 aromatic heterocycles. The topological polar surface area (TPSA) is 47.3 Å². The molecule has 3 N–H and O–H groups in total. The number of benzene rings is 1. The molecule has 1 fully saturated rings. The van der Waals surface area contributed by atoms with Gasteiger partial charge in [0.05, 0.1) is 11.6 Å². The molecule has 1 aliphatic carbocycles. The first-order valence-corrected chi connectivity index (χ1v) is 7.71. The normalized spacial score (nSPS) is 27.6. The molecule has 21 heavy (non-hydrogen) atoms. The Morgan fingerprint density at radius 1 is 1.43 bits per heavy atom. The van der Waals surface area contributed by atoms with Gasteiger partial charge in [-0.3, -0.25) is 5.84 Å². The number of ether oxygens (including phenoxy) is 1. The second-order valence-electron chi connectivity index (χ2n) is 6.55. The molecule has 1 aliphatic rings.